The van der Waals surface area contributed by atoms with Crippen molar-refractivity contribution in [3.63, 3.8) is 0 Å². The molecule has 6 aromatic rings. The van der Waals surface area contributed by atoms with E-state index >= 15 is 0 Å². The first-order valence-electron chi connectivity index (χ1n) is 16.1. The van der Waals surface area contributed by atoms with Crippen LogP contribution in [0.2, 0.25) is 0 Å². The molecule has 0 saturated carbocycles. The highest BCUT2D eigenvalue weighted by atomic mass is 16.7. The minimum absolute atomic E-state index is 0.129. The van der Waals surface area contributed by atoms with Crippen LogP contribution in [0.15, 0.2) is 158 Å². The Hall–Kier alpha value is -6.80. The lowest BCUT2D eigenvalue weighted by Gasteiger charge is -2.26. The molecular formula is C43H32O8. The van der Waals surface area contributed by atoms with Crippen molar-refractivity contribution in [2.24, 2.45) is 0 Å². The zero-order valence-corrected chi connectivity index (χ0v) is 27.8. The standard InChI is InChI=1S/C43H32O8/c1-43(2,33-17-25-37(26-18-33)50-41(46)48-35-21-13-31(14-22-35)39(44)29-9-5-3-6-10-29)34-19-27-38(28-20-34)51-42(47)49-36-23-15-32(16-24-36)40(45)30-11-7-4-8-12-30/h3-28H,1-2H3. The number of ketones is 2. The van der Waals surface area contributed by atoms with Crippen molar-refractivity contribution < 1.29 is 38.1 Å². The van der Waals surface area contributed by atoms with Crippen molar-refractivity contribution in [2.45, 2.75) is 19.3 Å². The van der Waals surface area contributed by atoms with Crippen LogP contribution < -0.4 is 18.9 Å². The molecule has 0 atom stereocenters. The third kappa shape index (κ3) is 8.44. The van der Waals surface area contributed by atoms with E-state index in [9.17, 15) is 19.2 Å². The fourth-order valence-electron chi connectivity index (χ4n) is 5.33. The molecule has 0 aliphatic carbocycles. The quantitative estimate of drug-likeness (QED) is 0.0803. The fraction of sp³-hybridized carbons (Fsp3) is 0.0698. The molecule has 0 bridgehead atoms. The Labute approximate surface area is 294 Å². The van der Waals surface area contributed by atoms with E-state index < -0.39 is 17.7 Å². The van der Waals surface area contributed by atoms with Gasteiger partial charge in [-0.1, -0.05) is 98.8 Å². The van der Waals surface area contributed by atoms with E-state index in [1.807, 2.05) is 50.2 Å². The van der Waals surface area contributed by atoms with Crippen LogP contribution in [0.1, 0.15) is 56.8 Å². The van der Waals surface area contributed by atoms with Gasteiger partial charge in [-0.25, -0.2) is 9.59 Å². The van der Waals surface area contributed by atoms with Crippen LogP contribution in [0, 0.1) is 0 Å². The molecule has 51 heavy (non-hydrogen) atoms. The number of hydrogen-bond donors (Lipinski definition) is 0. The third-order valence-electron chi connectivity index (χ3n) is 8.26. The van der Waals surface area contributed by atoms with Crippen LogP contribution in [0.25, 0.3) is 0 Å². The molecule has 0 aliphatic heterocycles. The molecular weight excluding hydrogens is 644 g/mol. The lowest BCUT2D eigenvalue weighted by Crippen LogP contribution is -2.19. The normalized spacial score (nSPS) is 10.9. The molecule has 0 heterocycles. The minimum atomic E-state index is -0.909. The number of carbonyl (C=O) groups excluding carboxylic acids is 4. The summed E-state index contributed by atoms with van der Waals surface area (Å²) in [5.41, 5.74) is 3.53. The fourth-order valence-corrected chi connectivity index (χ4v) is 5.33. The zero-order chi connectivity index (χ0) is 35.8. The minimum Gasteiger partial charge on any atom is -0.395 e. The molecule has 0 fully saturated rings. The highest BCUT2D eigenvalue weighted by Gasteiger charge is 2.24. The highest BCUT2D eigenvalue weighted by molar-refractivity contribution is 6.09. The van der Waals surface area contributed by atoms with Gasteiger partial charge in [0.1, 0.15) is 23.0 Å². The second-order valence-electron chi connectivity index (χ2n) is 12.0. The Morgan fingerprint density at radius 1 is 0.353 bits per heavy atom. The molecule has 252 valence electrons. The molecule has 0 amide bonds. The van der Waals surface area contributed by atoms with E-state index in [2.05, 4.69) is 0 Å². The van der Waals surface area contributed by atoms with Crippen molar-refractivity contribution in [2.75, 3.05) is 0 Å². The number of benzene rings is 6. The highest BCUT2D eigenvalue weighted by Crippen LogP contribution is 2.33. The van der Waals surface area contributed by atoms with E-state index in [0.29, 0.717) is 33.8 Å². The number of rotatable bonds is 10. The number of hydrogen-bond acceptors (Lipinski definition) is 8. The second-order valence-corrected chi connectivity index (χ2v) is 12.0. The summed E-state index contributed by atoms with van der Waals surface area (Å²) < 4.78 is 21.3. The third-order valence-corrected chi connectivity index (χ3v) is 8.26. The van der Waals surface area contributed by atoms with Gasteiger partial charge in [0.15, 0.2) is 11.6 Å². The van der Waals surface area contributed by atoms with Gasteiger partial charge in [0.05, 0.1) is 0 Å². The lowest BCUT2D eigenvalue weighted by atomic mass is 9.78. The van der Waals surface area contributed by atoms with Gasteiger partial charge in [-0.05, 0) is 83.9 Å². The Kier molecular flexibility index (Phi) is 10.1. The first-order valence-corrected chi connectivity index (χ1v) is 16.1. The van der Waals surface area contributed by atoms with Crippen molar-refractivity contribution >= 4 is 23.9 Å². The van der Waals surface area contributed by atoms with Gasteiger partial charge >= 0.3 is 12.3 Å². The van der Waals surface area contributed by atoms with Gasteiger partial charge in [0.25, 0.3) is 0 Å². The van der Waals surface area contributed by atoms with E-state index in [1.165, 1.54) is 24.3 Å². The molecule has 0 spiro atoms. The van der Waals surface area contributed by atoms with Crippen LogP contribution in [0.3, 0.4) is 0 Å². The summed E-state index contributed by atoms with van der Waals surface area (Å²) >= 11 is 0. The van der Waals surface area contributed by atoms with Crippen LogP contribution in [0.4, 0.5) is 9.59 Å². The number of carbonyl (C=O) groups is 4. The first-order chi connectivity index (χ1) is 24.7. The average Bonchev–Trinajstić information content (AvgIpc) is 3.16. The first kappa shape index (κ1) is 34.1. The molecule has 0 aliphatic rings. The van der Waals surface area contributed by atoms with Gasteiger partial charge in [0.2, 0.25) is 0 Å². The average molecular weight is 677 g/mol. The Morgan fingerprint density at radius 2 is 0.608 bits per heavy atom. The van der Waals surface area contributed by atoms with Crippen molar-refractivity contribution in [1.29, 1.82) is 0 Å². The van der Waals surface area contributed by atoms with E-state index in [4.69, 9.17) is 18.9 Å². The molecule has 8 nitrogen and oxygen atoms in total. The van der Waals surface area contributed by atoms with Gasteiger partial charge in [0, 0.05) is 27.7 Å². The summed E-state index contributed by atoms with van der Waals surface area (Å²) in [5, 5.41) is 0. The van der Waals surface area contributed by atoms with Crippen LogP contribution in [-0.2, 0) is 5.41 Å². The summed E-state index contributed by atoms with van der Waals surface area (Å²) in [7, 11) is 0. The second kappa shape index (κ2) is 15.2. The van der Waals surface area contributed by atoms with E-state index in [1.54, 1.807) is 97.1 Å². The maximum Gasteiger partial charge on any atom is 0.519 e. The van der Waals surface area contributed by atoms with Crippen LogP contribution in [0.5, 0.6) is 23.0 Å². The van der Waals surface area contributed by atoms with Gasteiger partial charge in [-0.15, -0.1) is 0 Å². The molecule has 0 N–H and O–H groups in total. The lowest BCUT2D eigenvalue weighted by molar-refractivity contribution is 0.103. The van der Waals surface area contributed by atoms with Crippen LogP contribution in [-0.4, -0.2) is 23.9 Å². The Bertz CT molecular complexity index is 1980. The summed E-state index contributed by atoms with van der Waals surface area (Å²) in [6.45, 7) is 4.08. The van der Waals surface area contributed by atoms with Gasteiger partial charge in [-0.2, -0.15) is 0 Å². The summed E-state index contributed by atoms with van der Waals surface area (Å²) in [4.78, 5) is 50.1. The van der Waals surface area contributed by atoms with E-state index in [-0.39, 0.29) is 23.1 Å². The summed E-state index contributed by atoms with van der Waals surface area (Å²) in [6, 6.07) is 44.5. The molecule has 8 heteroatoms. The summed E-state index contributed by atoms with van der Waals surface area (Å²) in [5.74, 6) is 0.832. The van der Waals surface area contributed by atoms with Crippen LogP contribution >= 0.6 is 0 Å². The Balaban J connectivity index is 0.999. The topological polar surface area (TPSA) is 105 Å². The predicted molar refractivity (Wildman–Crippen MR) is 191 cm³/mol. The van der Waals surface area contributed by atoms with E-state index in [0.717, 1.165) is 11.1 Å². The van der Waals surface area contributed by atoms with Crippen molar-refractivity contribution in [1.82, 2.24) is 0 Å². The molecule has 0 aromatic heterocycles. The summed E-state index contributed by atoms with van der Waals surface area (Å²) in [6.07, 6.45) is -1.82. The Morgan fingerprint density at radius 3 is 0.902 bits per heavy atom. The molecule has 0 saturated heterocycles. The maximum atomic E-state index is 12.6. The number of ether oxygens (including phenoxy) is 4. The molecule has 6 rings (SSSR count). The van der Waals surface area contributed by atoms with Gasteiger partial charge < -0.3 is 18.9 Å². The zero-order valence-electron chi connectivity index (χ0n) is 27.8. The molecule has 6 aromatic carbocycles. The molecule has 0 unspecified atom stereocenters. The van der Waals surface area contributed by atoms with Crippen molar-refractivity contribution in [3.8, 4) is 23.0 Å². The predicted octanol–water partition coefficient (Wildman–Crippen LogP) is 9.63. The van der Waals surface area contributed by atoms with Crippen molar-refractivity contribution in [3.05, 3.63) is 191 Å². The monoisotopic (exact) mass is 676 g/mol. The maximum absolute atomic E-state index is 12.6. The van der Waals surface area contributed by atoms with Gasteiger partial charge in [-0.3, -0.25) is 9.59 Å². The SMILES string of the molecule is CC(C)(c1ccc(OC(=O)Oc2ccc(C(=O)c3ccccc3)cc2)cc1)c1ccc(OC(=O)Oc2ccc(C(=O)c3ccccc3)cc2)cc1. The largest absolute Gasteiger partial charge is 0.519 e. The molecule has 0 radical (unpaired) electrons. The smallest absolute Gasteiger partial charge is 0.395 e.